The smallest absolute Gasteiger partial charge is 0.263 e. The first-order chi connectivity index (χ1) is 9.48. The number of anilines is 1. The summed E-state index contributed by atoms with van der Waals surface area (Å²) >= 11 is 6.28. The Balaban J connectivity index is 2.21. The van der Waals surface area contributed by atoms with E-state index in [-0.39, 0.29) is 4.90 Å². The lowest BCUT2D eigenvalue weighted by Crippen LogP contribution is -2.36. The molecule has 8 heteroatoms. The van der Waals surface area contributed by atoms with E-state index in [2.05, 4.69) is 9.88 Å². The van der Waals surface area contributed by atoms with Crippen molar-refractivity contribution >= 4 is 47.9 Å². The fourth-order valence-electron chi connectivity index (χ4n) is 2.43. The van der Waals surface area contributed by atoms with Crippen LogP contribution in [-0.2, 0) is 13.8 Å². The Labute approximate surface area is 125 Å². The molecule has 1 aromatic carbocycles. The van der Waals surface area contributed by atoms with Gasteiger partial charge in [0.05, 0.1) is 29.4 Å². The van der Waals surface area contributed by atoms with Crippen LogP contribution in [-0.4, -0.2) is 39.7 Å². The van der Waals surface area contributed by atoms with Gasteiger partial charge in [-0.05, 0) is 12.1 Å². The van der Waals surface area contributed by atoms with Crippen LogP contribution < -0.4 is 4.90 Å². The van der Waals surface area contributed by atoms with Crippen molar-refractivity contribution in [1.82, 2.24) is 4.98 Å². The molecule has 0 aliphatic carbocycles. The van der Waals surface area contributed by atoms with Crippen LogP contribution in [0.2, 0.25) is 5.02 Å². The lowest BCUT2D eigenvalue weighted by molar-refractivity contribution is 0.123. The zero-order valence-electron chi connectivity index (χ0n) is 10.4. The highest BCUT2D eigenvalue weighted by molar-refractivity contribution is 8.14. The maximum absolute atomic E-state index is 11.6. The number of fused-ring (bicyclic) bond motifs is 1. The number of morpholine rings is 1. The fourth-order valence-corrected chi connectivity index (χ4v) is 3.72. The van der Waals surface area contributed by atoms with Crippen LogP contribution in [0.3, 0.4) is 0 Å². The summed E-state index contributed by atoms with van der Waals surface area (Å²) < 4.78 is 28.4. The van der Waals surface area contributed by atoms with Gasteiger partial charge < -0.3 is 14.6 Å². The number of nitrogens with zero attached hydrogens (tertiary/aromatic N) is 1. The van der Waals surface area contributed by atoms with Crippen molar-refractivity contribution in [2.75, 3.05) is 31.2 Å². The normalized spacial score (nSPS) is 16.8. The SMILES string of the molecule is O=S(=O)(Cl)c1c[nH]c2c(N3CCOCC3)c(Cl)ccc12. The molecule has 1 fully saturated rings. The van der Waals surface area contributed by atoms with Gasteiger partial charge in [0.1, 0.15) is 4.90 Å². The Kier molecular flexibility index (Phi) is 3.58. The topological polar surface area (TPSA) is 62.4 Å². The Morgan fingerprint density at radius 2 is 1.95 bits per heavy atom. The predicted molar refractivity (Wildman–Crippen MR) is 79.4 cm³/mol. The second-order valence-corrected chi connectivity index (χ2v) is 7.45. The molecule has 0 unspecified atom stereocenters. The number of nitrogens with one attached hydrogen (secondary N) is 1. The third-order valence-corrected chi connectivity index (χ3v) is 5.00. The van der Waals surface area contributed by atoms with Crippen LogP contribution in [0.1, 0.15) is 0 Å². The number of rotatable bonds is 2. The molecule has 108 valence electrons. The number of aromatic nitrogens is 1. The molecule has 1 aromatic heterocycles. The van der Waals surface area contributed by atoms with Crippen molar-refractivity contribution < 1.29 is 13.2 Å². The molecule has 0 spiro atoms. The van der Waals surface area contributed by atoms with E-state index >= 15 is 0 Å². The maximum Gasteiger partial charge on any atom is 0.263 e. The van der Waals surface area contributed by atoms with Crippen molar-refractivity contribution in [3.63, 3.8) is 0 Å². The lowest BCUT2D eigenvalue weighted by Gasteiger charge is -2.30. The highest BCUT2D eigenvalue weighted by Crippen LogP contribution is 2.37. The van der Waals surface area contributed by atoms with Gasteiger partial charge in [-0.3, -0.25) is 0 Å². The third-order valence-electron chi connectivity index (χ3n) is 3.33. The van der Waals surface area contributed by atoms with Gasteiger partial charge in [0, 0.05) is 35.4 Å². The second kappa shape index (κ2) is 5.11. The molecule has 1 N–H and O–H groups in total. The van der Waals surface area contributed by atoms with Crippen LogP contribution in [0, 0.1) is 0 Å². The van der Waals surface area contributed by atoms with Crippen molar-refractivity contribution in [3.8, 4) is 0 Å². The van der Waals surface area contributed by atoms with E-state index in [9.17, 15) is 8.42 Å². The summed E-state index contributed by atoms with van der Waals surface area (Å²) in [7, 11) is 1.65. The van der Waals surface area contributed by atoms with Crippen molar-refractivity contribution in [2.24, 2.45) is 0 Å². The number of benzene rings is 1. The molecule has 0 bridgehead atoms. The molecule has 2 heterocycles. The molecule has 0 radical (unpaired) electrons. The average molecular weight is 335 g/mol. The van der Waals surface area contributed by atoms with Gasteiger partial charge in [0.25, 0.3) is 9.05 Å². The number of H-pyrrole nitrogens is 1. The van der Waals surface area contributed by atoms with Gasteiger partial charge in [-0.25, -0.2) is 8.42 Å². The summed E-state index contributed by atoms with van der Waals surface area (Å²) in [4.78, 5) is 5.12. The van der Waals surface area contributed by atoms with E-state index in [4.69, 9.17) is 27.0 Å². The van der Waals surface area contributed by atoms with Crippen molar-refractivity contribution in [2.45, 2.75) is 4.90 Å². The summed E-state index contributed by atoms with van der Waals surface area (Å²) in [5.74, 6) is 0. The molecule has 20 heavy (non-hydrogen) atoms. The Morgan fingerprint density at radius 1 is 1.25 bits per heavy atom. The summed E-state index contributed by atoms with van der Waals surface area (Å²) in [5.41, 5.74) is 1.47. The Morgan fingerprint density at radius 3 is 2.60 bits per heavy atom. The molecule has 0 atom stereocenters. The standard InChI is InChI=1S/C12H12Cl2N2O3S/c13-9-2-1-8-10(20(14,17)18)7-15-11(8)12(9)16-3-5-19-6-4-16/h1-2,7,15H,3-6H2. The minimum atomic E-state index is -3.79. The molecule has 0 saturated carbocycles. The van der Waals surface area contributed by atoms with Crippen LogP contribution >= 0.6 is 22.3 Å². The van der Waals surface area contributed by atoms with Crippen molar-refractivity contribution in [3.05, 3.63) is 23.4 Å². The minimum absolute atomic E-state index is 0.0698. The lowest BCUT2D eigenvalue weighted by atomic mass is 10.2. The van der Waals surface area contributed by atoms with Crippen LogP contribution in [0.25, 0.3) is 10.9 Å². The van der Waals surface area contributed by atoms with Gasteiger partial charge in [-0.1, -0.05) is 11.6 Å². The Hall–Kier alpha value is -0.950. The molecule has 2 aromatic rings. The quantitative estimate of drug-likeness (QED) is 0.857. The van der Waals surface area contributed by atoms with E-state index in [1.165, 1.54) is 6.20 Å². The van der Waals surface area contributed by atoms with E-state index in [0.717, 1.165) is 5.69 Å². The largest absolute Gasteiger partial charge is 0.378 e. The van der Waals surface area contributed by atoms with E-state index in [1.807, 2.05) is 0 Å². The molecule has 1 saturated heterocycles. The number of hydrogen-bond acceptors (Lipinski definition) is 4. The first-order valence-electron chi connectivity index (χ1n) is 6.05. The van der Waals surface area contributed by atoms with Crippen LogP contribution in [0.4, 0.5) is 5.69 Å². The molecule has 5 nitrogen and oxygen atoms in total. The first-order valence-corrected chi connectivity index (χ1v) is 8.74. The van der Waals surface area contributed by atoms with E-state index in [1.54, 1.807) is 12.1 Å². The van der Waals surface area contributed by atoms with Gasteiger partial charge in [-0.2, -0.15) is 0 Å². The molecular formula is C12H12Cl2N2O3S. The number of hydrogen-bond donors (Lipinski definition) is 1. The molecule has 1 aliphatic heterocycles. The highest BCUT2D eigenvalue weighted by atomic mass is 35.7. The molecule has 1 aliphatic rings. The highest BCUT2D eigenvalue weighted by Gasteiger charge is 2.22. The van der Waals surface area contributed by atoms with Gasteiger partial charge >= 0.3 is 0 Å². The van der Waals surface area contributed by atoms with Crippen LogP contribution in [0.15, 0.2) is 23.2 Å². The first kappa shape index (κ1) is 14.0. The summed E-state index contributed by atoms with van der Waals surface area (Å²) in [5, 5.41) is 1.12. The molecule has 0 amide bonds. The van der Waals surface area contributed by atoms with Gasteiger partial charge in [0.2, 0.25) is 0 Å². The summed E-state index contributed by atoms with van der Waals surface area (Å²) in [6.07, 6.45) is 1.40. The monoisotopic (exact) mass is 334 g/mol. The van der Waals surface area contributed by atoms with E-state index < -0.39 is 9.05 Å². The summed E-state index contributed by atoms with van der Waals surface area (Å²) in [6.45, 7) is 2.66. The number of aromatic amines is 1. The average Bonchev–Trinajstić information content (AvgIpc) is 2.83. The molecular weight excluding hydrogens is 323 g/mol. The van der Waals surface area contributed by atoms with Gasteiger partial charge in [-0.15, -0.1) is 0 Å². The minimum Gasteiger partial charge on any atom is -0.378 e. The zero-order chi connectivity index (χ0) is 14.3. The van der Waals surface area contributed by atoms with Gasteiger partial charge in [0.15, 0.2) is 0 Å². The summed E-state index contributed by atoms with van der Waals surface area (Å²) in [6, 6.07) is 3.35. The number of ether oxygens (including phenoxy) is 1. The Bertz CT molecular complexity index is 751. The number of halogens is 2. The molecule has 3 rings (SSSR count). The van der Waals surface area contributed by atoms with Crippen LogP contribution in [0.5, 0.6) is 0 Å². The predicted octanol–water partition coefficient (Wildman–Crippen LogP) is 2.59. The fraction of sp³-hybridized carbons (Fsp3) is 0.333. The zero-order valence-corrected chi connectivity index (χ0v) is 12.7. The third kappa shape index (κ3) is 2.37. The van der Waals surface area contributed by atoms with E-state index in [0.29, 0.717) is 42.2 Å². The van der Waals surface area contributed by atoms with Crippen molar-refractivity contribution in [1.29, 1.82) is 0 Å². The maximum atomic E-state index is 11.6. The second-order valence-electron chi connectivity index (χ2n) is 4.51.